The Bertz CT molecular complexity index is 739. The topological polar surface area (TPSA) is 77.2 Å². The molecule has 0 saturated carbocycles. The zero-order chi connectivity index (χ0) is 15.5. The van der Waals surface area contributed by atoms with Crippen LogP contribution in [0.4, 0.5) is 0 Å². The van der Waals surface area contributed by atoms with Crippen molar-refractivity contribution < 1.29 is 13.9 Å². The van der Waals surface area contributed by atoms with Gasteiger partial charge >= 0.3 is 5.97 Å². The van der Waals surface area contributed by atoms with Gasteiger partial charge < -0.3 is 14.5 Å². The molecule has 0 bridgehead atoms. The highest BCUT2D eigenvalue weighted by Crippen LogP contribution is 2.30. The molecule has 0 atom stereocenters. The smallest absolute Gasteiger partial charge is 0.360 e. The Morgan fingerprint density at radius 3 is 3.00 bits per heavy atom. The minimum absolute atomic E-state index is 0.106. The van der Waals surface area contributed by atoms with Gasteiger partial charge in [-0.15, -0.1) is 0 Å². The molecule has 0 radical (unpaired) electrons. The Labute approximate surface area is 132 Å². The number of halogens is 1. The van der Waals surface area contributed by atoms with Crippen molar-refractivity contribution in [1.82, 2.24) is 15.3 Å². The van der Waals surface area contributed by atoms with Gasteiger partial charge in [-0.2, -0.15) is 0 Å². The van der Waals surface area contributed by atoms with Gasteiger partial charge in [0.15, 0.2) is 17.8 Å². The van der Waals surface area contributed by atoms with E-state index in [-0.39, 0.29) is 5.69 Å². The van der Waals surface area contributed by atoms with Gasteiger partial charge in [0, 0.05) is 18.3 Å². The molecule has 2 aromatic rings. The van der Waals surface area contributed by atoms with E-state index >= 15 is 0 Å². The number of hydrogen-bond donors (Lipinski definition) is 1. The predicted octanol–water partition coefficient (Wildman–Crippen LogP) is 2.55. The molecule has 0 unspecified atom stereocenters. The molecule has 2 aromatic heterocycles. The van der Waals surface area contributed by atoms with Crippen LogP contribution in [0.1, 0.15) is 22.6 Å². The number of carbonyl (C=O) groups excluding carboxylic acids is 1. The summed E-state index contributed by atoms with van der Waals surface area (Å²) in [5, 5.41) is 3.75. The number of pyridine rings is 1. The average Bonchev–Trinajstić information content (AvgIpc) is 3.04. The standard InChI is InChI=1S/C15H14ClN3O3/c1-21-15(20)13-14(22-8-19-13)10-6-11(16)12(18-7-10)9-2-4-17-5-3-9/h2,6-8,17H,3-5H2,1H3. The van der Waals surface area contributed by atoms with Crippen molar-refractivity contribution in [3.05, 3.63) is 41.1 Å². The summed E-state index contributed by atoms with van der Waals surface area (Å²) in [5.41, 5.74) is 2.56. The van der Waals surface area contributed by atoms with Crippen molar-refractivity contribution >= 4 is 23.1 Å². The van der Waals surface area contributed by atoms with Crippen molar-refractivity contribution in [3.8, 4) is 11.3 Å². The predicted molar refractivity (Wildman–Crippen MR) is 81.5 cm³/mol. The monoisotopic (exact) mass is 319 g/mol. The molecule has 3 rings (SSSR count). The summed E-state index contributed by atoms with van der Waals surface area (Å²) >= 11 is 6.34. The van der Waals surface area contributed by atoms with Gasteiger partial charge in [-0.25, -0.2) is 9.78 Å². The van der Waals surface area contributed by atoms with Crippen LogP contribution < -0.4 is 5.32 Å². The first-order valence-electron chi connectivity index (χ1n) is 6.78. The molecule has 1 aliphatic heterocycles. The summed E-state index contributed by atoms with van der Waals surface area (Å²) in [5.74, 6) is -0.267. The van der Waals surface area contributed by atoms with E-state index in [1.54, 1.807) is 12.3 Å². The molecule has 3 heterocycles. The van der Waals surface area contributed by atoms with Gasteiger partial charge in [0.25, 0.3) is 0 Å². The van der Waals surface area contributed by atoms with Crippen molar-refractivity contribution in [2.24, 2.45) is 0 Å². The fraction of sp³-hybridized carbons (Fsp3) is 0.267. The van der Waals surface area contributed by atoms with Gasteiger partial charge in [-0.1, -0.05) is 17.7 Å². The van der Waals surface area contributed by atoms with E-state index in [4.69, 9.17) is 16.0 Å². The summed E-state index contributed by atoms with van der Waals surface area (Å²) in [6.45, 7) is 1.71. The van der Waals surface area contributed by atoms with E-state index in [0.717, 1.165) is 30.8 Å². The first-order chi connectivity index (χ1) is 10.7. The first kappa shape index (κ1) is 14.7. The molecule has 0 aliphatic carbocycles. The van der Waals surface area contributed by atoms with Crippen LogP contribution in [-0.4, -0.2) is 36.1 Å². The lowest BCUT2D eigenvalue weighted by atomic mass is 10.0. The number of rotatable bonds is 3. The third-order valence-corrected chi connectivity index (χ3v) is 3.71. The van der Waals surface area contributed by atoms with E-state index in [0.29, 0.717) is 16.3 Å². The lowest BCUT2D eigenvalue weighted by molar-refractivity contribution is 0.0595. The highest BCUT2D eigenvalue weighted by atomic mass is 35.5. The summed E-state index contributed by atoms with van der Waals surface area (Å²) in [4.78, 5) is 19.9. The van der Waals surface area contributed by atoms with Crippen molar-refractivity contribution in [3.63, 3.8) is 0 Å². The average molecular weight is 320 g/mol. The normalized spacial score (nSPS) is 14.5. The third kappa shape index (κ3) is 2.75. The number of oxazole rings is 1. The van der Waals surface area contributed by atoms with Crippen LogP contribution in [0.2, 0.25) is 5.02 Å². The van der Waals surface area contributed by atoms with Crippen molar-refractivity contribution in [2.75, 3.05) is 20.2 Å². The Morgan fingerprint density at radius 1 is 1.45 bits per heavy atom. The maximum absolute atomic E-state index is 11.7. The van der Waals surface area contributed by atoms with Crippen LogP contribution in [-0.2, 0) is 4.74 Å². The maximum atomic E-state index is 11.7. The van der Waals surface area contributed by atoms with Crippen molar-refractivity contribution in [2.45, 2.75) is 6.42 Å². The zero-order valence-electron chi connectivity index (χ0n) is 11.9. The number of esters is 1. The first-order valence-corrected chi connectivity index (χ1v) is 7.16. The van der Waals surface area contributed by atoms with Crippen molar-refractivity contribution in [1.29, 1.82) is 0 Å². The molecule has 0 saturated heterocycles. The lowest BCUT2D eigenvalue weighted by Crippen LogP contribution is -2.20. The number of nitrogens with one attached hydrogen (secondary N) is 1. The molecule has 114 valence electrons. The molecule has 0 spiro atoms. The highest BCUT2D eigenvalue weighted by Gasteiger charge is 2.20. The van der Waals surface area contributed by atoms with Crippen LogP contribution in [0.3, 0.4) is 0 Å². The van der Waals surface area contributed by atoms with Gasteiger partial charge in [-0.05, 0) is 24.6 Å². The molecule has 0 fully saturated rings. The Morgan fingerprint density at radius 2 is 2.32 bits per heavy atom. The van der Waals surface area contributed by atoms with E-state index in [1.807, 2.05) is 0 Å². The van der Waals surface area contributed by atoms with Crippen LogP contribution >= 0.6 is 11.6 Å². The summed E-state index contributed by atoms with van der Waals surface area (Å²) < 4.78 is 9.95. The molecule has 1 aliphatic rings. The summed E-state index contributed by atoms with van der Waals surface area (Å²) in [6, 6.07) is 1.72. The van der Waals surface area contributed by atoms with E-state index in [2.05, 4.69) is 26.1 Å². The highest BCUT2D eigenvalue weighted by molar-refractivity contribution is 6.32. The van der Waals surface area contributed by atoms with E-state index in [9.17, 15) is 4.79 Å². The van der Waals surface area contributed by atoms with Gasteiger partial charge in [0.2, 0.25) is 0 Å². The van der Waals surface area contributed by atoms with Crippen LogP contribution in [0.25, 0.3) is 16.9 Å². The molecule has 6 nitrogen and oxygen atoms in total. The van der Waals surface area contributed by atoms with E-state index in [1.165, 1.54) is 13.5 Å². The second-order valence-corrected chi connectivity index (χ2v) is 5.17. The van der Waals surface area contributed by atoms with Crippen LogP contribution in [0.5, 0.6) is 0 Å². The number of ether oxygens (including phenoxy) is 1. The Kier molecular flexibility index (Phi) is 4.22. The molecule has 0 amide bonds. The fourth-order valence-corrected chi connectivity index (χ4v) is 2.62. The minimum Gasteiger partial charge on any atom is -0.464 e. The number of carbonyl (C=O) groups is 1. The second-order valence-electron chi connectivity index (χ2n) is 4.76. The number of hydrogen-bond acceptors (Lipinski definition) is 6. The Balaban J connectivity index is 1.97. The Hall–Kier alpha value is -2.18. The fourth-order valence-electron chi connectivity index (χ4n) is 2.33. The minimum atomic E-state index is -0.565. The molecule has 7 heteroatoms. The second kappa shape index (κ2) is 6.29. The van der Waals surface area contributed by atoms with Gasteiger partial charge in [-0.3, -0.25) is 4.98 Å². The zero-order valence-corrected chi connectivity index (χ0v) is 12.7. The summed E-state index contributed by atoms with van der Waals surface area (Å²) in [7, 11) is 1.29. The van der Waals surface area contributed by atoms with Crippen LogP contribution in [0.15, 0.2) is 29.2 Å². The van der Waals surface area contributed by atoms with Crippen LogP contribution in [0, 0.1) is 0 Å². The SMILES string of the molecule is COC(=O)c1ncoc1-c1cnc(C2=CCNCC2)c(Cl)c1. The van der Waals surface area contributed by atoms with E-state index < -0.39 is 5.97 Å². The lowest BCUT2D eigenvalue weighted by Gasteiger charge is -2.14. The number of aromatic nitrogens is 2. The molecule has 1 N–H and O–H groups in total. The number of methoxy groups -OCH3 is 1. The van der Waals surface area contributed by atoms with Gasteiger partial charge in [0.05, 0.1) is 17.8 Å². The largest absolute Gasteiger partial charge is 0.464 e. The van der Waals surface area contributed by atoms with Gasteiger partial charge in [0.1, 0.15) is 0 Å². The quantitative estimate of drug-likeness (QED) is 0.876. The molecule has 0 aromatic carbocycles. The maximum Gasteiger partial charge on any atom is 0.360 e. The third-order valence-electron chi connectivity index (χ3n) is 3.42. The molecule has 22 heavy (non-hydrogen) atoms. The molecular weight excluding hydrogens is 306 g/mol. The number of nitrogens with zero attached hydrogens (tertiary/aromatic N) is 2. The molecular formula is C15H14ClN3O3. The summed E-state index contributed by atoms with van der Waals surface area (Å²) in [6.07, 6.45) is 5.77.